The Kier molecular flexibility index (Phi) is 5.00. The lowest BCUT2D eigenvalue weighted by Crippen LogP contribution is -2.13. The first-order chi connectivity index (χ1) is 9.28. The Morgan fingerprint density at radius 1 is 1.26 bits per heavy atom. The van der Waals surface area contributed by atoms with Crippen LogP contribution in [0.15, 0.2) is 18.2 Å². The van der Waals surface area contributed by atoms with Gasteiger partial charge in [-0.25, -0.2) is 0 Å². The van der Waals surface area contributed by atoms with Crippen molar-refractivity contribution in [1.29, 1.82) is 0 Å². The molecule has 0 aromatic heterocycles. The van der Waals surface area contributed by atoms with Gasteiger partial charge in [0, 0.05) is 0 Å². The second-order valence-electron chi connectivity index (χ2n) is 5.63. The van der Waals surface area contributed by atoms with Crippen molar-refractivity contribution in [2.24, 2.45) is 5.92 Å². The van der Waals surface area contributed by atoms with Gasteiger partial charge in [0.15, 0.2) is 6.29 Å². The van der Waals surface area contributed by atoms with Crippen LogP contribution in [0.25, 0.3) is 0 Å². The number of rotatable bonds is 5. The van der Waals surface area contributed by atoms with Crippen molar-refractivity contribution in [3.8, 4) is 5.75 Å². The summed E-state index contributed by atoms with van der Waals surface area (Å²) >= 11 is 0. The van der Waals surface area contributed by atoms with Gasteiger partial charge in [-0.15, -0.1) is 0 Å². The Balaban J connectivity index is 2.05. The van der Waals surface area contributed by atoms with Crippen molar-refractivity contribution in [3.05, 3.63) is 29.3 Å². The van der Waals surface area contributed by atoms with Crippen LogP contribution in [-0.2, 0) is 0 Å². The molecule has 0 atom stereocenters. The molecule has 1 aliphatic carbocycles. The molecule has 0 spiro atoms. The van der Waals surface area contributed by atoms with Gasteiger partial charge in [0.05, 0.1) is 12.7 Å². The summed E-state index contributed by atoms with van der Waals surface area (Å²) in [6.07, 6.45) is 8.75. The summed E-state index contributed by atoms with van der Waals surface area (Å²) in [7, 11) is 1.61. The smallest absolute Gasteiger partial charge is 0.153 e. The normalized spacial score (nSPS) is 23.1. The number of methoxy groups -OCH3 is 1. The van der Waals surface area contributed by atoms with E-state index in [1.807, 2.05) is 12.1 Å². The first-order valence-corrected chi connectivity index (χ1v) is 7.41. The van der Waals surface area contributed by atoms with Gasteiger partial charge in [-0.05, 0) is 55.2 Å². The summed E-state index contributed by atoms with van der Waals surface area (Å²) in [5.41, 5.74) is 1.98. The van der Waals surface area contributed by atoms with Crippen LogP contribution in [0.1, 0.15) is 67.3 Å². The molecule has 19 heavy (non-hydrogen) atoms. The van der Waals surface area contributed by atoms with Crippen LogP contribution in [0.5, 0.6) is 5.75 Å². The van der Waals surface area contributed by atoms with Crippen LogP contribution < -0.4 is 4.74 Å². The number of carbonyl (C=O) groups is 1. The standard InChI is InChI=1S/C17H24O2/c1-3-4-13-5-7-14(8-6-13)15-9-10-17(19-2)16(11-15)12-18/h9-14H,3-8H2,1-2H3. The van der Waals surface area contributed by atoms with Gasteiger partial charge in [-0.3, -0.25) is 4.79 Å². The molecular formula is C17H24O2. The minimum Gasteiger partial charge on any atom is -0.496 e. The van der Waals surface area contributed by atoms with Crippen molar-refractivity contribution in [2.75, 3.05) is 7.11 Å². The van der Waals surface area contributed by atoms with Crippen molar-refractivity contribution < 1.29 is 9.53 Å². The molecule has 104 valence electrons. The van der Waals surface area contributed by atoms with E-state index in [9.17, 15) is 4.79 Å². The average Bonchev–Trinajstić information content (AvgIpc) is 2.47. The van der Waals surface area contributed by atoms with E-state index in [-0.39, 0.29) is 0 Å². The molecule has 0 aliphatic heterocycles. The van der Waals surface area contributed by atoms with E-state index < -0.39 is 0 Å². The van der Waals surface area contributed by atoms with E-state index in [1.54, 1.807) is 7.11 Å². The lowest BCUT2D eigenvalue weighted by Gasteiger charge is -2.28. The number of hydrogen-bond donors (Lipinski definition) is 0. The summed E-state index contributed by atoms with van der Waals surface area (Å²) in [5, 5.41) is 0. The highest BCUT2D eigenvalue weighted by atomic mass is 16.5. The van der Waals surface area contributed by atoms with E-state index in [0.717, 1.165) is 12.2 Å². The molecule has 2 rings (SSSR count). The van der Waals surface area contributed by atoms with Gasteiger partial charge >= 0.3 is 0 Å². The third-order valence-electron chi connectivity index (χ3n) is 4.40. The second-order valence-corrected chi connectivity index (χ2v) is 5.63. The summed E-state index contributed by atoms with van der Waals surface area (Å²) < 4.78 is 5.20. The largest absolute Gasteiger partial charge is 0.496 e. The van der Waals surface area contributed by atoms with Crippen LogP contribution in [0, 0.1) is 5.92 Å². The Bertz CT molecular complexity index is 417. The maximum atomic E-state index is 11.1. The third kappa shape index (κ3) is 3.37. The third-order valence-corrected chi connectivity index (χ3v) is 4.40. The number of aldehydes is 1. The van der Waals surface area contributed by atoms with Crippen LogP contribution in [-0.4, -0.2) is 13.4 Å². The molecule has 1 saturated carbocycles. The lowest BCUT2D eigenvalue weighted by atomic mass is 9.77. The highest BCUT2D eigenvalue weighted by Crippen LogP contribution is 2.38. The van der Waals surface area contributed by atoms with E-state index in [4.69, 9.17) is 4.74 Å². The quantitative estimate of drug-likeness (QED) is 0.724. The lowest BCUT2D eigenvalue weighted by molar-refractivity contribution is 0.112. The van der Waals surface area contributed by atoms with Gasteiger partial charge in [-0.1, -0.05) is 25.8 Å². The zero-order valence-corrected chi connectivity index (χ0v) is 12.0. The Labute approximate surface area is 116 Å². The van der Waals surface area contributed by atoms with Gasteiger partial charge in [0.1, 0.15) is 5.75 Å². The fourth-order valence-electron chi connectivity index (χ4n) is 3.29. The van der Waals surface area contributed by atoms with E-state index in [1.165, 1.54) is 44.1 Å². The molecule has 0 radical (unpaired) electrons. The van der Waals surface area contributed by atoms with E-state index in [2.05, 4.69) is 13.0 Å². The minimum atomic E-state index is 0.623. The van der Waals surface area contributed by atoms with Crippen molar-refractivity contribution >= 4 is 6.29 Å². The molecule has 2 heteroatoms. The Hall–Kier alpha value is -1.31. The van der Waals surface area contributed by atoms with Crippen LogP contribution >= 0.6 is 0 Å². The van der Waals surface area contributed by atoms with E-state index in [0.29, 0.717) is 17.2 Å². The zero-order valence-electron chi connectivity index (χ0n) is 12.0. The molecule has 1 aromatic carbocycles. The summed E-state index contributed by atoms with van der Waals surface area (Å²) in [4.78, 5) is 11.1. The highest BCUT2D eigenvalue weighted by Gasteiger charge is 2.22. The van der Waals surface area contributed by atoms with Gasteiger partial charge < -0.3 is 4.74 Å². The van der Waals surface area contributed by atoms with Gasteiger partial charge in [0.2, 0.25) is 0 Å². The Morgan fingerprint density at radius 3 is 2.58 bits per heavy atom. The highest BCUT2D eigenvalue weighted by molar-refractivity contribution is 5.79. The van der Waals surface area contributed by atoms with Crippen LogP contribution in [0.3, 0.4) is 0 Å². The molecule has 1 aliphatic rings. The molecule has 0 N–H and O–H groups in total. The number of carbonyl (C=O) groups excluding carboxylic acids is 1. The maximum Gasteiger partial charge on any atom is 0.153 e. The second kappa shape index (κ2) is 6.74. The summed E-state index contributed by atoms with van der Waals surface area (Å²) in [6.45, 7) is 2.27. The maximum absolute atomic E-state index is 11.1. The predicted molar refractivity (Wildman–Crippen MR) is 78.0 cm³/mol. The van der Waals surface area contributed by atoms with E-state index >= 15 is 0 Å². The van der Waals surface area contributed by atoms with Crippen LogP contribution in [0.2, 0.25) is 0 Å². The van der Waals surface area contributed by atoms with Crippen LogP contribution in [0.4, 0.5) is 0 Å². The topological polar surface area (TPSA) is 26.3 Å². The molecule has 0 saturated heterocycles. The number of hydrogen-bond acceptors (Lipinski definition) is 2. The molecule has 0 bridgehead atoms. The molecule has 0 heterocycles. The first kappa shape index (κ1) is 14.1. The summed E-state index contributed by atoms with van der Waals surface area (Å²) in [6, 6.07) is 6.06. The van der Waals surface area contributed by atoms with Crippen molar-refractivity contribution in [2.45, 2.75) is 51.4 Å². The molecule has 1 fully saturated rings. The van der Waals surface area contributed by atoms with Gasteiger partial charge in [-0.2, -0.15) is 0 Å². The van der Waals surface area contributed by atoms with Crippen molar-refractivity contribution in [1.82, 2.24) is 0 Å². The van der Waals surface area contributed by atoms with Gasteiger partial charge in [0.25, 0.3) is 0 Å². The number of ether oxygens (including phenoxy) is 1. The first-order valence-electron chi connectivity index (χ1n) is 7.41. The van der Waals surface area contributed by atoms with Crippen molar-refractivity contribution in [3.63, 3.8) is 0 Å². The molecule has 2 nitrogen and oxygen atoms in total. The monoisotopic (exact) mass is 260 g/mol. The Morgan fingerprint density at radius 2 is 2.00 bits per heavy atom. The summed E-state index contributed by atoms with van der Waals surface area (Å²) in [5.74, 6) is 2.22. The fourth-order valence-corrected chi connectivity index (χ4v) is 3.29. The number of benzene rings is 1. The predicted octanol–water partition coefficient (Wildman–Crippen LogP) is 4.58. The molecular weight excluding hydrogens is 236 g/mol. The molecule has 1 aromatic rings. The fraction of sp³-hybridized carbons (Fsp3) is 0.588. The molecule has 0 unspecified atom stereocenters. The average molecular weight is 260 g/mol. The zero-order chi connectivity index (χ0) is 13.7. The molecule has 0 amide bonds. The SMILES string of the molecule is CCCC1CCC(c2ccc(OC)c(C=O)c2)CC1. The minimum absolute atomic E-state index is 0.623.